The number of pyridine rings is 1. The van der Waals surface area contributed by atoms with Crippen LogP contribution in [-0.4, -0.2) is 15.0 Å². The second kappa shape index (κ2) is 11.8. The Balaban J connectivity index is 1.05. The van der Waals surface area contributed by atoms with E-state index < -0.39 is 0 Å². The molecule has 3 aromatic heterocycles. The zero-order chi connectivity index (χ0) is 33.7. The molecule has 0 fully saturated rings. The third-order valence-corrected chi connectivity index (χ3v) is 9.36. The van der Waals surface area contributed by atoms with Crippen molar-refractivity contribution in [1.29, 1.82) is 0 Å². The number of hydrogen-bond donors (Lipinski definition) is 0. The van der Waals surface area contributed by atoms with Crippen molar-refractivity contribution in [3.8, 4) is 34.0 Å². The fourth-order valence-corrected chi connectivity index (χ4v) is 6.82. The quantitative estimate of drug-likeness (QED) is 0.177. The first kappa shape index (κ1) is 28.9. The van der Waals surface area contributed by atoms with Gasteiger partial charge in [-0.1, -0.05) is 66.7 Å². The van der Waals surface area contributed by atoms with Crippen molar-refractivity contribution in [3.63, 3.8) is 0 Å². The molecule has 0 aliphatic heterocycles. The van der Waals surface area contributed by atoms with Crippen LogP contribution in [0, 0.1) is 0 Å². The number of benzene rings is 7. The van der Waals surface area contributed by atoms with E-state index in [1.165, 1.54) is 0 Å². The minimum atomic E-state index is 0.597. The summed E-state index contributed by atoms with van der Waals surface area (Å²) in [7, 11) is 0. The number of para-hydroxylation sites is 5. The van der Waals surface area contributed by atoms with Crippen LogP contribution in [0.25, 0.3) is 77.9 Å². The Morgan fingerprint density at radius 3 is 1.61 bits per heavy atom. The van der Waals surface area contributed by atoms with Gasteiger partial charge in [-0.25, -0.2) is 9.97 Å². The summed E-state index contributed by atoms with van der Waals surface area (Å²) in [5.41, 5.74) is 11.4. The van der Waals surface area contributed by atoms with E-state index in [4.69, 9.17) is 18.8 Å². The molecule has 7 aromatic carbocycles. The highest BCUT2D eigenvalue weighted by molar-refractivity contribution is 5.98. The Hall–Kier alpha value is -7.05. The van der Waals surface area contributed by atoms with Gasteiger partial charge in [0.2, 0.25) is 11.8 Å². The zero-order valence-corrected chi connectivity index (χ0v) is 27.3. The summed E-state index contributed by atoms with van der Waals surface area (Å²) in [6.45, 7) is 0. The molecule has 10 aromatic rings. The van der Waals surface area contributed by atoms with Crippen LogP contribution < -0.4 is 4.90 Å². The molecular formula is C45H28N4O2. The molecule has 3 heterocycles. The van der Waals surface area contributed by atoms with Gasteiger partial charge in [0.15, 0.2) is 11.2 Å². The SMILES string of the molecule is c1cnc2c(-c3ccc4cc(N(c5ccc(-c6nc7ccccc7o6)cc5)c5ccc(-c6nc7ccccc7o6)cc5)ccc4c3)cccc2c1. The Labute approximate surface area is 292 Å². The lowest BCUT2D eigenvalue weighted by atomic mass is 9.98. The normalized spacial score (nSPS) is 11.5. The lowest BCUT2D eigenvalue weighted by Gasteiger charge is -2.26. The van der Waals surface area contributed by atoms with Gasteiger partial charge in [-0.05, 0) is 113 Å². The van der Waals surface area contributed by atoms with Crippen LogP contribution >= 0.6 is 0 Å². The Morgan fingerprint density at radius 2 is 0.961 bits per heavy atom. The van der Waals surface area contributed by atoms with Gasteiger partial charge in [-0.15, -0.1) is 0 Å². The van der Waals surface area contributed by atoms with E-state index in [0.29, 0.717) is 11.8 Å². The Kier molecular flexibility index (Phi) is 6.70. The Morgan fingerprint density at radius 1 is 0.412 bits per heavy atom. The summed E-state index contributed by atoms with van der Waals surface area (Å²) in [6, 6.07) is 56.0. The predicted octanol–water partition coefficient (Wildman–Crippen LogP) is 12.1. The van der Waals surface area contributed by atoms with Crippen LogP contribution in [0.5, 0.6) is 0 Å². The highest BCUT2D eigenvalue weighted by Crippen LogP contribution is 2.39. The van der Waals surface area contributed by atoms with Gasteiger partial charge in [0.25, 0.3) is 0 Å². The fraction of sp³-hybridized carbons (Fsp3) is 0. The molecule has 0 amide bonds. The van der Waals surface area contributed by atoms with E-state index in [-0.39, 0.29) is 0 Å². The first-order valence-corrected chi connectivity index (χ1v) is 16.8. The third kappa shape index (κ3) is 5.18. The molecule has 0 saturated carbocycles. The molecule has 0 unspecified atom stereocenters. The van der Waals surface area contributed by atoms with Crippen LogP contribution in [0.2, 0.25) is 0 Å². The van der Waals surface area contributed by atoms with Gasteiger partial charge in [0.05, 0.1) is 5.52 Å². The van der Waals surface area contributed by atoms with Crippen molar-refractivity contribution in [3.05, 3.63) is 170 Å². The standard InChI is InChI=1S/C45H28N4O2/c1-3-12-41-39(10-1)47-44(50-41)30-16-21-35(22-17-30)49(36-23-18-31(19-24-36)45-48-40-11-2-4-13-42(40)51-45)37-25-20-32-27-34(15-14-33(32)28-37)38-9-5-7-29-8-6-26-46-43(29)38/h1-28H. The summed E-state index contributed by atoms with van der Waals surface area (Å²) in [5, 5.41) is 3.42. The average Bonchev–Trinajstić information content (AvgIpc) is 3.83. The number of fused-ring (bicyclic) bond motifs is 4. The molecule has 0 N–H and O–H groups in total. The largest absolute Gasteiger partial charge is 0.436 e. The van der Waals surface area contributed by atoms with E-state index >= 15 is 0 Å². The van der Waals surface area contributed by atoms with E-state index in [0.717, 1.165) is 83.2 Å². The molecule has 0 aliphatic carbocycles. The minimum Gasteiger partial charge on any atom is -0.436 e. The van der Waals surface area contributed by atoms with Crippen molar-refractivity contribution >= 4 is 60.9 Å². The third-order valence-electron chi connectivity index (χ3n) is 9.36. The van der Waals surface area contributed by atoms with Crippen LogP contribution in [-0.2, 0) is 0 Å². The highest BCUT2D eigenvalue weighted by atomic mass is 16.4. The van der Waals surface area contributed by atoms with Gasteiger partial charge >= 0.3 is 0 Å². The minimum absolute atomic E-state index is 0.597. The summed E-state index contributed by atoms with van der Waals surface area (Å²) in [5.74, 6) is 1.19. The van der Waals surface area contributed by atoms with Crippen LogP contribution in [0.4, 0.5) is 17.1 Å². The lowest BCUT2D eigenvalue weighted by Crippen LogP contribution is -2.09. The summed E-state index contributed by atoms with van der Waals surface area (Å²) in [4.78, 5) is 16.4. The van der Waals surface area contributed by atoms with Crippen LogP contribution in [0.15, 0.2) is 179 Å². The maximum atomic E-state index is 6.07. The van der Waals surface area contributed by atoms with Crippen molar-refractivity contribution in [1.82, 2.24) is 15.0 Å². The molecule has 10 rings (SSSR count). The van der Waals surface area contributed by atoms with Gasteiger partial charge in [0, 0.05) is 45.3 Å². The number of nitrogens with zero attached hydrogens (tertiary/aromatic N) is 4. The first-order valence-electron chi connectivity index (χ1n) is 16.8. The van der Waals surface area contributed by atoms with E-state index in [1.807, 2.05) is 60.8 Å². The van der Waals surface area contributed by atoms with Gasteiger partial charge < -0.3 is 13.7 Å². The molecule has 6 heteroatoms. The van der Waals surface area contributed by atoms with Crippen molar-refractivity contribution in [2.24, 2.45) is 0 Å². The number of oxazole rings is 2. The maximum Gasteiger partial charge on any atom is 0.227 e. The molecule has 240 valence electrons. The topological polar surface area (TPSA) is 68.2 Å². The molecule has 6 nitrogen and oxygen atoms in total. The summed E-state index contributed by atoms with van der Waals surface area (Å²) >= 11 is 0. The monoisotopic (exact) mass is 656 g/mol. The molecule has 0 atom stereocenters. The van der Waals surface area contributed by atoms with Crippen LogP contribution in [0.1, 0.15) is 0 Å². The molecule has 0 radical (unpaired) electrons. The van der Waals surface area contributed by atoms with E-state index in [2.05, 4.69) is 119 Å². The second-order valence-electron chi connectivity index (χ2n) is 12.5. The molecule has 0 bridgehead atoms. The highest BCUT2D eigenvalue weighted by Gasteiger charge is 2.17. The zero-order valence-electron chi connectivity index (χ0n) is 27.3. The lowest BCUT2D eigenvalue weighted by molar-refractivity contribution is 0.619. The number of rotatable bonds is 6. The van der Waals surface area contributed by atoms with Gasteiger partial charge in [-0.2, -0.15) is 0 Å². The average molecular weight is 657 g/mol. The predicted molar refractivity (Wildman–Crippen MR) is 205 cm³/mol. The number of anilines is 3. The van der Waals surface area contributed by atoms with Crippen molar-refractivity contribution < 1.29 is 8.83 Å². The summed E-state index contributed by atoms with van der Waals surface area (Å²) in [6.07, 6.45) is 1.85. The number of hydrogen-bond acceptors (Lipinski definition) is 6. The molecule has 0 spiro atoms. The van der Waals surface area contributed by atoms with Gasteiger partial charge in [0.1, 0.15) is 11.0 Å². The smallest absolute Gasteiger partial charge is 0.227 e. The van der Waals surface area contributed by atoms with E-state index in [9.17, 15) is 0 Å². The van der Waals surface area contributed by atoms with Crippen molar-refractivity contribution in [2.75, 3.05) is 4.90 Å². The van der Waals surface area contributed by atoms with Crippen molar-refractivity contribution in [2.45, 2.75) is 0 Å². The van der Waals surface area contributed by atoms with Crippen LogP contribution in [0.3, 0.4) is 0 Å². The molecule has 0 saturated heterocycles. The maximum absolute atomic E-state index is 6.07. The van der Waals surface area contributed by atoms with E-state index in [1.54, 1.807) is 0 Å². The molecule has 0 aliphatic rings. The second-order valence-corrected chi connectivity index (χ2v) is 12.5. The fourth-order valence-electron chi connectivity index (χ4n) is 6.82. The molecular weight excluding hydrogens is 629 g/mol. The van der Waals surface area contributed by atoms with Gasteiger partial charge in [-0.3, -0.25) is 4.98 Å². The number of aromatic nitrogens is 3. The summed E-state index contributed by atoms with van der Waals surface area (Å²) < 4.78 is 12.1. The Bertz CT molecular complexity index is 2680. The first-order chi connectivity index (χ1) is 25.2. The molecule has 51 heavy (non-hydrogen) atoms.